The first-order valence-electron chi connectivity index (χ1n) is 10.1. The van der Waals surface area contributed by atoms with Crippen molar-refractivity contribution < 1.29 is 22.7 Å². The molecule has 1 N–H and O–H groups in total. The maximum Gasteiger partial charge on any atom is 0.339 e. The molecule has 2 aromatic carbocycles. The third-order valence-corrected chi connectivity index (χ3v) is 7.47. The summed E-state index contributed by atoms with van der Waals surface area (Å²) in [5.74, 6) is -1.08. The molecule has 3 rings (SSSR count). The van der Waals surface area contributed by atoms with Crippen molar-refractivity contribution in [3.8, 4) is 0 Å². The molecule has 0 atom stereocenters. The molecule has 1 saturated heterocycles. The van der Waals surface area contributed by atoms with Crippen LogP contribution in [-0.4, -0.2) is 44.3 Å². The fourth-order valence-electron chi connectivity index (χ4n) is 3.44. The molecule has 9 heteroatoms. The number of amides is 1. The van der Waals surface area contributed by atoms with Crippen molar-refractivity contribution in [3.63, 3.8) is 0 Å². The second-order valence-corrected chi connectivity index (χ2v) is 9.63. The van der Waals surface area contributed by atoms with Crippen molar-refractivity contribution in [2.24, 2.45) is 0 Å². The molecule has 1 fully saturated rings. The summed E-state index contributed by atoms with van der Waals surface area (Å²) in [5, 5.41) is 2.90. The second kappa shape index (κ2) is 9.80. The summed E-state index contributed by atoms with van der Waals surface area (Å²) in [7, 11) is -3.68. The van der Waals surface area contributed by atoms with Crippen molar-refractivity contribution in [1.29, 1.82) is 0 Å². The van der Waals surface area contributed by atoms with E-state index in [1.807, 2.05) is 0 Å². The van der Waals surface area contributed by atoms with Crippen LogP contribution < -0.4 is 5.32 Å². The van der Waals surface area contributed by atoms with E-state index < -0.39 is 21.9 Å². The molecular formula is C22H25ClN2O5S. The molecule has 0 radical (unpaired) electrons. The third kappa shape index (κ3) is 5.26. The van der Waals surface area contributed by atoms with Crippen LogP contribution in [-0.2, 0) is 14.8 Å². The zero-order valence-electron chi connectivity index (χ0n) is 17.5. The predicted octanol–water partition coefficient (Wildman–Crippen LogP) is 4.25. The number of rotatable bonds is 6. The first-order chi connectivity index (χ1) is 14.7. The molecule has 2 aromatic rings. The lowest BCUT2D eigenvalue weighted by molar-refractivity contribution is 0.0526. The van der Waals surface area contributed by atoms with Crippen LogP contribution in [0.15, 0.2) is 41.3 Å². The Morgan fingerprint density at radius 1 is 1.10 bits per heavy atom. The largest absolute Gasteiger partial charge is 0.462 e. The van der Waals surface area contributed by atoms with E-state index in [9.17, 15) is 18.0 Å². The lowest BCUT2D eigenvalue weighted by Crippen LogP contribution is -2.36. The number of nitrogens with one attached hydrogen (secondary N) is 1. The summed E-state index contributed by atoms with van der Waals surface area (Å²) in [6, 6.07) is 9.07. The van der Waals surface area contributed by atoms with E-state index >= 15 is 0 Å². The van der Waals surface area contributed by atoms with Crippen LogP contribution in [0.3, 0.4) is 0 Å². The monoisotopic (exact) mass is 464 g/mol. The number of hydrogen-bond donors (Lipinski definition) is 1. The van der Waals surface area contributed by atoms with E-state index in [1.54, 1.807) is 32.0 Å². The molecule has 1 amide bonds. The van der Waals surface area contributed by atoms with Gasteiger partial charge in [-0.15, -0.1) is 0 Å². The highest BCUT2D eigenvalue weighted by atomic mass is 35.5. The zero-order valence-corrected chi connectivity index (χ0v) is 19.1. The Hall–Kier alpha value is -2.42. The lowest BCUT2D eigenvalue weighted by Gasteiger charge is -2.26. The highest BCUT2D eigenvalue weighted by molar-refractivity contribution is 7.89. The maximum absolute atomic E-state index is 13.1. The molecule has 7 nitrogen and oxygen atoms in total. The van der Waals surface area contributed by atoms with Gasteiger partial charge >= 0.3 is 5.97 Å². The van der Waals surface area contributed by atoms with Gasteiger partial charge in [-0.05, 0) is 62.6 Å². The molecule has 166 valence electrons. The van der Waals surface area contributed by atoms with Crippen LogP contribution in [0.25, 0.3) is 0 Å². The second-order valence-electron chi connectivity index (χ2n) is 7.31. The Morgan fingerprint density at radius 3 is 2.48 bits per heavy atom. The fourth-order valence-corrected chi connectivity index (χ4v) is 5.40. The van der Waals surface area contributed by atoms with E-state index in [-0.39, 0.29) is 27.7 Å². The summed E-state index contributed by atoms with van der Waals surface area (Å²) in [6.07, 6.45) is 2.68. The van der Waals surface area contributed by atoms with Gasteiger partial charge in [-0.25, -0.2) is 13.2 Å². The third-order valence-electron chi connectivity index (χ3n) is 5.10. The van der Waals surface area contributed by atoms with Crippen molar-refractivity contribution in [2.45, 2.75) is 38.0 Å². The number of hydrogen-bond acceptors (Lipinski definition) is 5. The smallest absolute Gasteiger partial charge is 0.339 e. The topological polar surface area (TPSA) is 92.8 Å². The van der Waals surface area contributed by atoms with Gasteiger partial charge in [0, 0.05) is 24.3 Å². The summed E-state index contributed by atoms with van der Waals surface area (Å²) in [5.41, 5.74) is 1.27. The Balaban J connectivity index is 1.86. The molecule has 0 spiro atoms. The first-order valence-corrected chi connectivity index (χ1v) is 11.9. The molecule has 0 aromatic heterocycles. The van der Waals surface area contributed by atoms with Crippen LogP contribution >= 0.6 is 11.6 Å². The average molecular weight is 465 g/mol. The van der Waals surface area contributed by atoms with E-state index in [4.69, 9.17) is 16.3 Å². The lowest BCUT2D eigenvalue weighted by atomic mass is 10.1. The quantitative estimate of drug-likeness (QED) is 0.645. The molecular weight excluding hydrogens is 440 g/mol. The van der Waals surface area contributed by atoms with Crippen LogP contribution in [0.1, 0.15) is 52.5 Å². The molecule has 0 saturated carbocycles. The molecule has 0 unspecified atom stereocenters. The highest BCUT2D eigenvalue weighted by Crippen LogP contribution is 2.26. The van der Waals surface area contributed by atoms with Crippen LogP contribution in [0.5, 0.6) is 0 Å². The van der Waals surface area contributed by atoms with Crippen molar-refractivity contribution in [3.05, 3.63) is 58.1 Å². The van der Waals surface area contributed by atoms with E-state index in [2.05, 4.69) is 5.32 Å². The Labute approximate surface area is 187 Å². The summed E-state index contributed by atoms with van der Waals surface area (Å²) < 4.78 is 32.6. The number of esters is 1. The van der Waals surface area contributed by atoms with Crippen LogP contribution in [0.2, 0.25) is 5.02 Å². The minimum Gasteiger partial charge on any atom is -0.462 e. The van der Waals surface area contributed by atoms with Crippen LogP contribution in [0, 0.1) is 6.92 Å². The van der Waals surface area contributed by atoms with Gasteiger partial charge in [-0.2, -0.15) is 4.31 Å². The Morgan fingerprint density at radius 2 is 1.81 bits per heavy atom. The van der Waals surface area contributed by atoms with Gasteiger partial charge in [0.2, 0.25) is 10.0 Å². The minimum absolute atomic E-state index is 0.130. The van der Waals surface area contributed by atoms with Gasteiger partial charge in [0.1, 0.15) is 0 Å². The maximum atomic E-state index is 13.1. The number of sulfonamides is 1. The van der Waals surface area contributed by atoms with Crippen molar-refractivity contribution in [2.75, 3.05) is 25.0 Å². The number of carbonyl (C=O) groups excluding carboxylic acids is 2. The summed E-state index contributed by atoms with van der Waals surface area (Å²) in [6.45, 7) is 4.57. The molecule has 0 bridgehead atoms. The van der Waals surface area contributed by atoms with E-state index in [0.717, 1.165) is 19.3 Å². The number of halogens is 1. The number of benzene rings is 2. The molecule has 1 aliphatic heterocycles. The Bertz CT molecular complexity index is 1100. The van der Waals surface area contributed by atoms with Gasteiger partial charge < -0.3 is 10.1 Å². The van der Waals surface area contributed by atoms with Crippen LogP contribution in [0.4, 0.5) is 5.69 Å². The van der Waals surface area contributed by atoms with E-state index in [1.165, 1.54) is 22.5 Å². The average Bonchev–Trinajstić information content (AvgIpc) is 2.76. The predicted molar refractivity (Wildman–Crippen MR) is 119 cm³/mol. The van der Waals surface area contributed by atoms with E-state index in [0.29, 0.717) is 24.3 Å². The molecule has 0 aliphatic carbocycles. The van der Waals surface area contributed by atoms with Gasteiger partial charge in [0.05, 0.1) is 22.1 Å². The number of carbonyl (C=O) groups is 2. The first kappa shape index (κ1) is 23.2. The standard InChI is InChI=1S/C22H25ClN2O5S/c1-3-30-22(27)18-14-17(9-10-19(18)23)24-21(26)16-8-7-15(2)20(13-16)31(28,29)25-11-5-4-6-12-25/h7-10,13-14H,3-6,11-12H2,1-2H3,(H,24,26). The zero-order chi connectivity index (χ0) is 22.6. The van der Waals surface area contributed by atoms with Gasteiger partial charge in [-0.3, -0.25) is 4.79 Å². The van der Waals surface area contributed by atoms with Gasteiger partial charge in [-0.1, -0.05) is 24.1 Å². The number of piperidine rings is 1. The molecule has 1 heterocycles. The van der Waals surface area contributed by atoms with Gasteiger partial charge in [0.15, 0.2) is 0 Å². The number of anilines is 1. The molecule has 1 aliphatic rings. The van der Waals surface area contributed by atoms with Crippen molar-refractivity contribution >= 4 is 39.2 Å². The molecule has 31 heavy (non-hydrogen) atoms. The fraction of sp³-hybridized carbons (Fsp3) is 0.364. The summed E-state index contributed by atoms with van der Waals surface area (Å²) in [4.78, 5) is 25.0. The Kier molecular flexibility index (Phi) is 7.35. The van der Waals surface area contributed by atoms with Gasteiger partial charge in [0.25, 0.3) is 5.91 Å². The highest BCUT2D eigenvalue weighted by Gasteiger charge is 2.28. The number of nitrogens with zero attached hydrogens (tertiary/aromatic N) is 1. The number of ether oxygens (including phenoxy) is 1. The normalized spacial score (nSPS) is 14.8. The summed E-state index contributed by atoms with van der Waals surface area (Å²) >= 11 is 6.06. The number of aryl methyl sites for hydroxylation is 1. The SMILES string of the molecule is CCOC(=O)c1cc(NC(=O)c2ccc(C)c(S(=O)(=O)N3CCCCC3)c2)ccc1Cl. The minimum atomic E-state index is -3.68. The van der Waals surface area contributed by atoms with Crippen molar-refractivity contribution in [1.82, 2.24) is 4.31 Å².